The lowest BCUT2D eigenvalue weighted by Gasteiger charge is -2.27. The summed E-state index contributed by atoms with van der Waals surface area (Å²) in [5, 5.41) is 10.3. The van der Waals surface area contributed by atoms with Crippen LogP contribution in [0.25, 0.3) is 0 Å². The van der Waals surface area contributed by atoms with Crippen LogP contribution in [0.4, 0.5) is 0 Å². The molecule has 0 aliphatic heterocycles. The molecule has 0 atom stereocenters. The molecule has 0 fully saturated rings. The fraction of sp³-hybridized carbons (Fsp3) is 1.00. The van der Waals surface area contributed by atoms with Gasteiger partial charge in [-0.15, -0.1) is 0 Å². The van der Waals surface area contributed by atoms with Crippen LogP contribution in [0.15, 0.2) is 0 Å². The highest BCUT2D eigenvalue weighted by Gasteiger charge is 2.23. The minimum absolute atomic E-state index is 0.391. The number of hydrogen-bond acceptors (Lipinski definition) is 2. The number of rotatable bonds is 9. The van der Waals surface area contributed by atoms with Gasteiger partial charge in [0.25, 0.3) is 0 Å². The molecule has 0 aliphatic carbocycles. The van der Waals surface area contributed by atoms with Gasteiger partial charge in [0, 0.05) is 0 Å². The lowest BCUT2D eigenvalue weighted by molar-refractivity contribution is 0.0106. The number of nitrogens with two attached hydrogens (primary N) is 1. The topological polar surface area (TPSA) is 46.2 Å². The molecule has 0 unspecified atom stereocenters. The van der Waals surface area contributed by atoms with Crippen LogP contribution in [0.2, 0.25) is 0 Å². The molecule has 0 radical (unpaired) electrons. The van der Waals surface area contributed by atoms with E-state index < -0.39 is 5.60 Å². The minimum Gasteiger partial charge on any atom is -0.390 e. The molecule has 3 N–H and O–H groups in total. The molecule has 2 nitrogen and oxygen atoms in total. The van der Waals surface area contributed by atoms with E-state index in [1.807, 2.05) is 0 Å². The molecule has 0 rings (SSSR count). The van der Waals surface area contributed by atoms with Gasteiger partial charge in [0.15, 0.2) is 0 Å². The average molecular weight is 201 g/mol. The SMILES string of the molecule is CCCC(O)(CCC)CCCCCN. The summed E-state index contributed by atoms with van der Waals surface area (Å²) in [6.45, 7) is 5.06. The summed E-state index contributed by atoms with van der Waals surface area (Å²) in [6.07, 6.45) is 8.37. The van der Waals surface area contributed by atoms with Crippen LogP contribution in [0.5, 0.6) is 0 Å². The van der Waals surface area contributed by atoms with Crippen LogP contribution in [-0.2, 0) is 0 Å². The molecule has 0 spiro atoms. The summed E-state index contributed by atoms with van der Waals surface area (Å²) in [5.74, 6) is 0. The van der Waals surface area contributed by atoms with E-state index >= 15 is 0 Å². The van der Waals surface area contributed by atoms with Crippen molar-refractivity contribution in [1.29, 1.82) is 0 Å². The second-order valence-corrected chi connectivity index (χ2v) is 4.32. The first-order valence-electron chi connectivity index (χ1n) is 6.11. The highest BCUT2D eigenvalue weighted by atomic mass is 16.3. The molecule has 86 valence electrons. The first-order chi connectivity index (χ1) is 6.68. The van der Waals surface area contributed by atoms with E-state index in [1.165, 1.54) is 0 Å². The van der Waals surface area contributed by atoms with Gasteiger partial charge in [0.1, 0.15) is 0 Å². The lowest BCUT2D eigenvalue weighted by Crippen LogP contribution is -2.28. The van der Waals surface area contributed by atoms with Gasteiger partial charge in [-0.2, -0.15) is 0 Å². The molecular formula is C12H27NO. The van der Waals surface area contributed by atoms with Crippen molar-refractivity contribution < 1.29 is 5.11 Å². The Bertz CT molecular complexity index is 119. The minimum atomic E-state index is -0.391. The maximum Gasteiger partial charge on any atom is 0.0647 e. The van der Waals surface area contributed by atoms with Gasteiger partial charge >= 0.3 is 0 Å². The number of aliphatic hydroxyl groups is 1. The van der Waals surface area contributed by atoms with Crippen LogP contribution in [0.3, 0.4) is 0 Å². The predicted molar refractivity (Wildman–Crippen MR) is 62.3 cm³/mol. The largest absolute Gasteiger partial charge is 0.390 e. The Morgan fingerprint density at radius 3 is 1.93 bits per heavy atom. The second-order valence-electron chi connectivity index (χ2n) is 4.32. The van der Waals surface area contributed by atoms with Gasteiger partial charge in [-0.1, -0.05) is 39.5 Å². The summed E-state index contributed by atoms with van der Waals surface area (Å²) in [5.41, 5.74) is 5.04. The Labute approximate surface area is 88.9 Å². The van der Waals surface area contributed by atoms with Gasteiger partial charge in [-0.25, -0.2) is 0 Å². The van der Waals surface area contributed by atoms with Crippen molar-refractivity contribution in [1.82, 2.24) is 0 Å². The number of hydrogen-bond donors (Lipinski definition) is 2. The smallest absolute Gasteiger partial charge is 0.0647 e. The molecule has 0 aromatic carbocycles. The molecule has 0 amide bonds. The Kier molecular flexibility index (Phi) is 8.20. The van der Waals surface area contributed by atoms with Crippen molar-refractivity contribution in [2.45, 2.75) is 70.8 Å². The molecule has 0 bridgehead atoms. The first-order valence-corrected chi connectivity index (χ1v) is 6.11. The molecule has 0 aliphatic rings. The highest BCUT2D eigenvalue weighted by molar-refractivity contribution is 4.77. The van der Waals surface area contributed by atoms with Crippen molar-refractivity contribution in [3.8, 4) is 0 Å². The zero-order valence-corrected chi connectivity index (χ0v) is 9.89. The van der Waals surface area contributed by atoms with Crippen molar-refractivity contribution in [2.24, 2.45) is 5.73 Å². The Morgan fingerprint density at radius 1 is 0.929 bits per heavy atom. The Balaban J connectivity index is 3.71. The van der Waals surface area contributed by atoms with Gasteiger partial charge in [0.2, 0.25) is 0 Å². The summed E-state index contributed by atoms with van der Waals surface area (Å²) in [7, 11) is 0. The van der Waals surface area contributed by atoms with E-state index in [-0.39, 0.29) is 0 Å². The van der Waals surface area contributed by atoms with Crippen LogP contribution >= 0.6 is 0 Å². The van der Waals surface area contributed by atoms with Crippen LogP contribution < -0.4 is 5.73 Å². The van der Waals surface area contributed by atoms with Crippen molar-refractivity contribution >= 4 is 0 Å². The highest BCUT2D eigenvalue weighted by Crippen LogP contribution is 2.25. The summed E-state index contributed by atoms with van der Waals surface area (Å²) < 4.78 is 0. The quantitative estimate of drug-likeness (QED) is 0.563. The fourth-order valence-corrected chi connectivity index (χ4v) is 2.08. The molecular weight excluding hydrogens is 174 g/mol. The Hall–Kier alpha value is -0.0800. The van der Waals surface area contributed by atoms with E-state index in [9.17, 15) is 5.11 Å². The Morgan fingerprint density at radius 2 is 1.50 bits per heavy atom. The zero-order chi connectivity index (χ0) is 10.9. The van der Waals surface area contributed by atoms with E-state index in [0.29, 0.717) is 0 Å². The van der Waals surface area contributed by atoms with E-state index in [0.717, 1.165) is 57.9 Å². The van der Waals surface area contributed by atoms with Crippen molar-refractivity contribution in [2.75, 3.05) is 6.54 Å². The molecule has 0 saturated heterocycles. The van der Waals surface area contributed by atoms with Crippen molar-refractivity contribution in [3.05, 3.63) is 0 Å². The molecule has 2 heteroatoms. The summed E-state index contributed by atoms with van der Waals surface area (Å²) >= 11 is 0. The normalized spacial score (nSPS) is 12.0. The summed E-state index contributed by atoms with van der Waals surface area (Å²) in [4.78, 5) is 0. The maximum absolute atomic E-state index is 10.3. The molecule has 0 aromatic rings. The molecule has 14 heavy (non-hydrogen) atoms. The van der Waals surface area contributed by atoms with E-state index in [1.54, 1.807) is 0 Å². The van der Waals surface area contributed by atoms with Crippen LogP contribution in [0.1, 0.15) is 65.2 Å². The third-order valence-corrected chi connectivity index (χ3v) is 2.78. The number of unbranched alkanes of at least 4 members (excludes halogenated alkanes) is 2. The average Bonchev–Trinajstić information content (AvgIpc) is 2.13. The zero-order valence-electron chi connectivity index (χ0n) is 9.89. The standard InChI is InChI=1S/C12H27NO/c1-3-8-12(14,9-4-2)10-6-5-7-11-13/h14H,3-11,13H2,1-2H3. The van der Waals surface area contributed by atoms with Gasteiger partial charge < -0.3 is 10.8 Å². The summed E-state index contributed by atoms with van der Waals surface area (Å²) in [6, 6.07) is 0. The predicted octanol–water partition coefficient (Wildman–Crippen LogP) is 2.84. The maximum atomic E-state index is 10.3. The lowest BCUT2D eigenvalue weighted by atomic mass is 9.87. The molecule has 0 aromatic heterocycles. The first kappa shape index (κ1) is 13.9. The van der Waals surface area contributed by atoms with Gasteiger partial charge in [0.05, 0.1) is 5.60 Å². The van der Waals surface area contributed by atoms with E-state index in [2.05, 4.69) is 13.8 Å². The fourth-order valence-electron chi connectivity index (χ4n) is 2.08. The van der Waals surface area contributed by atoms with Crippen molar-refractivity contribution in [3.63, 3.8) is 0 Å². The van der Waals surface area contributed by atoms with E-state index in [4.69, 9.17) is 5.73 Å². The second kappa shape index (κ2) is 8.25. The third-order valence-electron chi connectivity index (χ3n) is 2.78. The van der Waals surface area contributed by atoms with Crippen LogP contribution in [-0.4, -0.2) is 17.3 Å². The monoisotopic (exact) mass is 201 g/mol. The van der Waals surface area contributed by atoms with Crippen LogP contribution in [0, 0.1) is 0 Å². The van der Waals surface area contributed by atoms with Gasteiger partial charge in [-0.05, 0) is 32.2 Å². The molecule has 0 heterocycles. The third kappa shape index (κ3) is 6.39. The van der Waals surface area contributed by atoms with Gasteiger partial charge in [-0.3, -0.25) is 0 Å². The molecule has 0 saturated carbocycles.